The highest BCUT2D eigenvalue weighted by Crippen LogP contribution is 2.42. The normalized spacial score (nSPS) is 16.9. The van der Waals surface area contributed by atoms with E-state index >= 15 is 0 Å². The molecule has 0 atom stereocenters. The lowest BCUT2D eigenvalue weighted by atomic mass is 9.68. The van der Waals surface area contributed by atoms with Crippen LogP contribution in [-0.2, 0) is 5.41 Å². The van der Waals surface area contributed by atoms with Crippen LogP contribution in [0.4, 0.5) is 0 Å². The molecule has 0 aliphatic heterocycles. The maximum Gasteiger partial charge on any atom is 0.114 e. The molecule has 1 saturated carbocycles. The minimum absolute atomic E-state index is 0.215. The smallest absolute Gasteiger partial charge is 0.114 e. The summed E-state index contributed by atoms with van der Waals surface area (Å²) in [4.78, 5) is 8.22. The molecule has 0 amide bonds. The van der Waals surface area contributed by atoms with E-state index in [9.17, 15) is 0 Å². The molecule has 1 aromatic carbocycles. The Morgan fingerprint density at radius 3 is 2.85 bits per heavy atom. The predicted molar refractivity (Wildman–Crippen MR) is 85.9 cm³/mol. The lowest BCUT2D eigenvalue weighted by Crippen LogP contribution is -2.43. The minimum Gasteiger partial charge on any atom is -0.341 e. The topological polar surface area (TPSA) is 40.7 Å². The maximum atomic E-state index is 4.67. The quantitative estimate of drug-likeness (QED) is 0.893. The van der Waals surface area contributed by atoms with Crippen LogP contribution < -0.4 is 5.32 Å². The van der Waals surface area contributed by atoms with Crippen LogP contribution in [0, 0.1) is 6.92 Å². The Hall–Kier alpha value is -1.13. The van der Waals surface area contributed by atoms with Gasteiger partial charge in [0.15, 0.2) is 0 Å². The van der Waals surface area contributed by atoms with Crippen LogP contribution in [0.5, 0.6) is 0 Å². The van der Waals surface area contributed by atoms with Crippen molar-refractivity contribution < 1.29 is 0 Å². The molecule has 4 heteroatoms. The van der Waals surface area contributed by atoms with Gasteiger partial charge in [-0.05, 0) is 44.5 Å². The molecule has 0 saturated heterocycles. The third kappa shape index (κ3) is 2.31. The molecule has 1 fully saturated rings. The van der Waals surface area contributed by atoms with Gasteiger partial charge in [-0.25, -0.2) is 4.98 Å². The summed E-state index contributed by atoms with van der Waals surface area (Å²) in [6.07, 6.45) is 5.71. The first-order valence-electron chi connectivity index (χ1n) is 7.11. The Kier molecular flexibility index (Phi) is 3.69. The second-order valence-electron chi connectivity index (χ2n) is 5.77. The fraction of sp³-hybridized carbons (Fsp3) is 0.438. The number of hydrogen-bond acceptors (Lipinski definition) is 2. The average Bonchev–Trinajstić information content (AvgIpc) is 2.86. The first-order chi connectivity index (χ1) is 9.64. The highest BCUT2D eigenvalue weighted by atomic mass is 79.9. The predicted octanol–water partition coefficient (Wildman–Crippen LogP) is 3.79. The Balaban J connectivity index is 1.96. The van der Waals surface area contributed by atoms with Crippen molar-refractivity contribution in [1.29, 1.82) is 0 Å². The largest absolute Gasteiger partial charge is 0.341 e. The lowest BCUT2D eigenvalue weighted by molar-refractivity contribution is 0.226. The minimum atomic E-state index is 0.215. The zero-order chi connectivity index (χ0) is 14.2. The summed E-state index contributed by atoms with van der Waals surface area (Å²) in [5, 5.41) is 3.31. The number of halogens is 1. The van der Waals surface area contributed by atoms with E-state index in [-0.39, 0.29) is 5.41 Å². The molecule has 3 rings (SSSR count). The molecule has 1 aliphatic rings. The van der Waals surface area contributed by atoms with Gasteiger partial charge in [0.25, 0.3) is 0 Å². The van der Waals surface area contributed by atoms with E-state index in [4.69, 9.17) is 0 Å². The molecular formula is C16H20BrN3. The number of rotatable bonds is 4. The Bertz CT molecular complexity index is 614. The van der Waals surface area contributed by atoms with Crippen molar-refractivity contribution in [2.45, 2.75) is 31.6 Å². The van der Waals surface area contributed by atoms with Gasteiger partial charge in [-0.15, -0.1) is 0 Å². The molecular weight excluding hydrogens is 314 g/mol. The first-order valence-corrected chi connectivity index (χ1v) is 7.90. The highest BCUT2D eigenvalue weighted by Gasteiger charge is 2.40. The van der Waals surface area contributed by atoms with Gasteiger partial charge in [0, 0.05) is 22.0 Å². The molecule has 0 spiro atoms. The summed E-state index contributed by atoms with van der Waals surface area (Å²) in [7, 11) is 2.02. The molecule has 3 nitrogen and oxygen atoms in total. The summed E-state index contributed by atoms with van der Waals surface area (Å²) in [6, 6.07) is 6.36. The van der Waals surface area contributed by atoms with Gasteiger partial charge < -0.3 is 10.3 Å². The van der Waals surface area contributed by atoms with E-state index in [1.54, 1.807) is 0 Å². The summed E-state index contributed by atoms with van der Waals surface area (Å²) < 4.78 is 1.10. The molecule has 1 aromatic heterocycles. The molecule has 20 heavy (non-hydrogen) atoms. The van der Waals surface area contributed by atoms with Gasteiger partial charge in [-0.2, -0.15) is 0 Å². The zero-order valence-corrected chi connectivity index (χ0v) is 13.5. The van der Waals surface area contributed by atoms with Gasteiger partial charge in [0.2, 0.25) is 0 Å². The van der Waals surface area contributed by atoms with Crippen molar-refractivity contribution in [1.82, 2.24) is 15.3 Å². The second-order valence-corrected chi connectivity index (χ2v) is 6.68. The van der Waals surface area contributed by atoms with Crippen LogP contribution >= 0.6 is 15.9 Å². The average molecular weight is 334 g/mol. The van der Waals surface area contributed by atoms with E-state index < -0.39 is 0 Å². The van der Waals surface area contributed by atoms with E-state index in [2.05, 4.69) is 56.3 Å². The number of H-pyrrole nitrogens is 1. The monoisotopic (exact) mass is 333 g/mol. The van der Waals surface area contributed by atoms with Gasteiger partial charge in [0.05, 0.1) is 11.9 Å². The summed E-state index contributed by atoms with van der Waals surface area (Å²) in [5.74, 6) is 1.13. The number of aromatic amines is 1. The number of benzene rings is 1. The number of aromatic nitrogens is 2. The van der Waals surface area contributed by atoms with E-state index in [0.29, 0.717) is 0 Å². The fourth-order valence-corrected chi connectivity index (χ4v) is 3.41. The number of imidazole rings is 1. The van der Waals surface area contributed by atoms with Crippen LogP contribution in [0.25, 0.3) is 11.3 Å². The SMILES string of the molecule is CNCC1(c2ncc(-c3cc(Br)ccc3C)[nH]2)CCC1. The van der Waals surface area contributed by atoms with Crippen molar-refractivity contribution >= 4 is 15.9 Å². The van der Waals surface area contributed by atoms with E-state index in [0.717, 1.165) is 22.5 Å². The van der Waals surface area contributed by atoms with Crippen molar-refractivity contribution in [3.05, 3.63) is 40.3 Å². The van der Waals surface area contributed by atoms with Gasteiger partial charge >= 0.3 is 0 Å². The third-order valence-electron chi connectivity index (χ3n) is 4.39. The molecule has 0 radical (unpaired) electrons. The van der Waals surface area contributed by atoms with Crippen LogP contribution in [0.2, 0.25) is 0 Å². The second kappa shape index (κ2) is 5.34. The van der Waals surface area contributed by atoms with E-state index in [1.165, 1.54) is 30.4 Å². The molecule has 1 aliphatic carbocycles. The van der Waals surface area contributed by atoms with E-state index in [1.807, 2.05) is 13.2 Å². The van der Waals surface area contributed by atoms with Crippen molar-refractivity contribution in [2.24, 2.45) is 0 Å². The van der Waals surface area contributed by atoms with Gasteiger partial charge in [-0.1, -0.05) is 28.4 Å². The van der Waals surface area contributed by atoms with Crippen LogP contribution in [0.3, 0.4) is 0 Å². The Morgan fingerprint density at radius 2 is 2.20 bits per heavy atom. The number of aryl methyl sites for hydroxylation is 1. The summed E-state index contributed by atoms with van der Waals surface area (Å²) in [6.45, 7) is 3.13. The molecule has 0 bridgehead atoms. The van der Waals surface area contributed by atoms with Crippen molar-refractivity contribution in [2.75, 3.05) is 13.6 Å². The molecule has 0 unspecified atom stereocenters. The molecule has 1 heterocycles. The van der Waals surface area contributed by atoms with Crippen molar-refractivity contribution in [3.8, 4) is 11.3 Å². The fourth-order valence-electron chi connectivity index (χ4n) is 3.05. The highest BCUT2D eigenvalue weighted by molar-refractivity contribution is 9.10. The Morgan fingerprint density at radius 1 is 1.40 bits per heavy atom. The molecule has 2 N–H and O–H groups in total. The standard InChI is InChI=1S/C16H20BrN3/c1-11-4-5-12(17)8-13(11)14-9-19-15(20-14)16(10-18-2)6-3-7-16/h4-5,8-9,18H,3,6-7,10H2,1-2H3,(H,19,20). The number of hydrogen-bond donors (Lipinski definition) is 2. The first kappa shape index (κ1) is 13.8. The summed E-state index contributed by atoms with van der Waals surface area (Å²) >= 11 is 3.55. The maximum absolute atomic E-state index is 4.67. The number of nitrogens with one attached hydrogen (secondary N) is 2. The molecule has 2 aromatic rings. The Labute approximate surface area is 128 Å². The van der Waals surface area contributed by atoms with Crippen LogP contribution in [0.15, 0.2) is 28.9 Å². The summed E-state index contributed by atoms with van der Waals surface area (Å²) in [5.41, 5.74) is 3.81. The van der Waals surface area contributed by atoms with Gasteiger partial charge in [0.1, 0.15) is 5.82 Å². The molecule has 106 valence electrons. The van der Waals surface area contributed by atoms with Crippen LogP contribution in [-0.4, -0.2) is 23.6 Å². The van der Waals surface area contributed by atoms with Crippen molar-refractivity contribution in [3.63, 3.8) is 0 Å². The van der Waals surface area contributed by atoms with Crippen LogP contribution in [0.1, 0.15) is 30.7 Å². The zero-order valence-electron chi connectivity index (χ0n) is 12.0. The number of likely N-dealkylation sites (N-methyl/N-ethyl adjacent to an activating group) is 1. The van der Waals surface area contributed by atoms with Gasteiger partial charge in [-0.3, -0.25) is 0 Å². The third-order valence-corrected chi connectivity index (χ3v) is 4.89. The number of nitrogens with zero attached hydrogens (tertiary/aromatic N) is 1. The lowest BCUT2D eigenvalue weighted by Gasteiger charge is -2.40.